The van der Waals surface area contributed by atoms with Crippen LogP contribution in [0.25, 0.3) is 5.57 Å². The lowest BCUT2D eigenvalue weighted by molar-refractivity contribution is -0.131. The minimum atomic E-state index is -0.927. The summed E-state index contributed by atoms with van der Waals surface area (Å²) in [5.41, 5.74) is 4.33. The number of rotatable bonds is 4. The van der Waals surface area contributed by atoms with Crippen molar-refractivity contribution >= 4 is 23.3 Å². The van der Waals surface area contributed by atoms with Crippen LogP contribution in [0.4, 0.5) is 8.78 Å². The van der Waals surface area contributed by atoms with Crippen LogP contribution in [-0.4, -0.2) is 88.9 Å². The fourth-order valence-corrected chi connectivity index (χ4v) is 9.45. The smallest absolute Gasteiger partial charge is 0.314 e. The summed E-state index contributed by atoms with van der Waals surface area (Å²) in [5.74, 6) is -0.155. The summed E-state index contributed by atoms with van der Waals surface area (Å²) < 4.78 is 36.9. The molecule has 0 radical (unpaired) electrons. The molecule has 5 fully saturated rings. The summed E-state index contributed by atoms with van der Waals surface area (Å²) in [4.78, 5) is 28.5. The number of hydrogen-bond donors (Lipinski definition) is 0. The Morgan fingerprint density at radius 2 is 2.00 bits per heavy atom. The standard InChI is InChI=1S/C34H37F2N5O2/c1-19(35)32(42)40-14-9-26-27(40)17-41(26)31-24-8-7-23(22-6-2-5-20-15-21-16-25(21)28(20)22)29(36)30(24)37-33(38-31)43-18-34-10-3-12-39(34)13-4-11-34/h2,5-8,21,24-27,30H,1,3-4,9-18H2/t21?,24?,25?,26-,27-,30?/m1/s1. The maximum atomic E-state index is 16.8. The quantitative estimate of drug-likeness (QED) is 0.478. The third kappa shape index (κ3) is 3.82. The summed E-state index contributed by atoms with van der Waals surface area (Å²) >= 11 is 0. The van der Waals surface area contributed by atoms with Gasteiger partial charge in [-0.1, -0.05) is 36.9 Å². The van der Waals surface area contributed by atoms with E-state index >= 15 is 4.39 Å². The van der Waals surface area contributed by atoms with E-state index in [4.69, 9.17) is 14.7 Å². The number of carbonyl (C=O) groups is 1. The monoisotopic (exact) mass is 585 g/mol. The maximum Gasteiger partial charge on any atom is 0.314 e. The van der Waals surface area contributed by atoms with E-state index in [1.807, 2.05) is 6.08 Å². The molecule has 1 aromatic rings. The lowest BCUT2D eigenvalue weighted by atomic mass is 9.82. The fourth-order valence-electron chi connectivity index (χ4n) is 9.45. The average Bonchev–Trinajstić information content (AvgIpc) is 3.29. The lowest BCUT2D eigenvalue weighted by Gasteiger charge is -2.50. The van der Waals surface area contributed by atoms with Gasteiger partial charge in [0, 0.05) is 18.7 Å². The molecule has 4 saturated heterocycles. The predicted molar refractivity (Wildman–Crippen MR) is 160 cm³/mol. The molecule has 0 aromatic heterocycles. The number of fused-ring (bicyclic) bond motifs is 6. The van der Waals surface area contributed by atoms with E-state index in [2.05, 4.69) is 40.7 Å². The molecule has 4 unspecified atom stereocenters. The lowest BCUT2D eigenvalue weighted by Crippen LogP contribution is -2.66. The second kappa shape index (κ2) is 9.34. The average molecular weight is 586 g/mol. The molecule has 5 aliphatic heterocycles. The van der Waals surface area contributed by atoms with Gasteiger partial charge >= 0.3 is 6.02 Å². The van der Waals surface area contributed by atoms with Gasteiger partial charge in [0.1, 0.15) is 24.3 Å². The fraction of sp³-hybridized carbons (Fsp3) is 0.559. The first-order valence-electron chi connectivity index (χ1n) is 16.1. The molecule has 7 nitrogen and oxygen atoms in total. The van der Waals surface area contributed by atoms with Crippen molar-refractivity contribution < 1.29 is 18.3 Å². The van der Waals surface area contributed by atoms with Crippen LogP contribution in [-0.2, 0) is 16.0 Å². The molecule has 0 spiro atoms. The Kier molecular flexibility index (Phi) is 5.67. The molecule has 1 aromatic carbocycles. The third-order valence-corrected chi connectivity index (χ3v) is 11.7. The second-order valence-corrected chi connectivity index (χ2v) is 13.8. The summed E-state index contributed by atoms with van der Waals surface area (Å²) in [6.45, 7) is 6.92. The summed E-state index contributed by atoms with van der Waals surface area (Å²) in [6, 6.07) is 5.72. The zero-order chi connectivity index (χ0) is 29.0. The zero-order valence-electron chi connectivity index (χ0n) is 24.4. The Hall–Kier alpha value is -3.33. The van der Waals surface area contributed by atoms with Crippen molar-refractivity contribution in [1.82, 2.24) is 14.7 Å². The number of ether oxygens (including phenoxy) is 1. The van der Waals surface area contributed by atoms with Gasteiger partial charge in [0.25, 0.3) is 5.91 Å². The SMILES string of the molecule is C=C(F)C(=O)N1CC[C@@H]2[C@H]1CN2C1=NC(OCC23CCCN2CCC3)=NC2C(F)=C(c3cccc4c3C3CC3C4)C=CC12. The van der Waals surface area contributed by atoms with Crippen LogP contribution >= 0.6 is 0 Å². The molecule has 43 heavy (non-hydrogen) atoms. The topological polar surface area (TPSA) is 60.7 Å². The molecule has 6 atom stereocenters. The van der Waals surface area contributed by atoms with Gasteiger partial charge in [0.15, 0.2) is 5.83 Å². The van der Waals surface area contributed by atoms with Crippen molar-refractivity contribution in [3.05, 3.63) is 65.3 Å². The van der Waals surface area contributed by atoms with Crippen molar-refractivity contribution in [3.63, 3.8) is 0 Å². The Bertz CT molecular complexity index is 1550. The third-order valence-electron chi connectivity index (χ3n) is 11.7. The number of allylic oxidation sites excluding steroid dienone is 2. The van der Waals surface area contributed by atoms with Crippen LogP contribution in [0.5, 0.6) is 0 Å². The van der Waals surface area contributed by atoms with Gasteiger partial charge in [-0.3, -0.25) is 9.69 Å². The van der Waals surface area contributed by atoms with E-state index in [-0.39, 0.29) is 35.4 Å². The molecule has 3 aliphatic carbocycles. The number of amidine groups is 2. The van der Waals surface area contributed by atoms with Gasteiger partial charge in [-0.05, 0) is 86.6 Å². The molecular formula is C34H37F2N5O2. The Labute approximate surface area is 250 Å². The minimum Gasteiger partial charge on any atom is -0.462 e. The maximum absolute atomic E-state index is 16.8. The zero-order valence-corrected chi connectivity index (χ0v) is 24.4. The summed E-state index contributed by atoms with van der Waals surface area (Å²) in [5, 5.41) is 0. The van der Waals surface area contributed by atoms with E-state index in [1.54, 1.807) is 4.90 Å². The Morgan fingerprint density at radius 1 is 1.16 bits per heavy atom. The van der Waals surface area contributed by atoms with Crippen molar-refractivity contribution in [2.45, 2.75) is 74.5 Å². The van der Waals surface area contributed by atoms with E-state index in [0.29, 0.717) is 43.5 Å². The molecule has 1 saturated carbocycles. The number of benzene rings is 1. The number of hydrogen-bond acceptors (Lipinski definition) is 6. The van der Waals surface area contributed by atoms with Gasteiger partial charge in [0.2, 0.25) is 0 Å². The van der Waals surface area contributed by atoms with E-state index in [0.717, 1.165) is 43.8 Å². The van der Waals surface area contributed by atoms with Gasteiger partial charge < -0.3 is 14.5 Å². The van der Waals surface area contributed by atoms with E-state index < -0.39 is 17.8 Å². The Balaban J connectivity index is 1.05. The molecule has 0 bridgehead atoms. The summed E-state index contributed by atoms with van der Waals surface area (Å²) in [7, 11) is 0. The molecule has 224 valence electrons. The van der Waals surface area contributed by atoms with Crippen molar-refractivity contribution in [2.24, 2.45) is 21.8 Å². The first-order chi connectivity index (χ1) is 20.9. The van der Waals surface area contributed by atoms with E-state index in [1.165, 1.54) is 30.4 Å². The van der Waals surface area contributed by atoms with Crippen LogP contribution in [0.15, 0.2) is 58.6 Å². The molecule has 5 heterocycles. The van der Waals surface area contributed by atoms with Gasteiger partial charge in [-0.25, -0.2) is 13.8 Å². The normalized spacial score (nSPS) is 34.6. The van der Waals surface area contributed by atoms with Gasteiger partial charge in [-0.2, -0.15) is 4.99 Å². The van der Waals surface area contributed by atoms with Crippen LogP contribution < -0.4 is 0 Å². The highest BCUT2D eigenvalue weighted by Crippen LogP contribution is 2.58. The highest BCUT2D eigenvalue weighted by Gasteiger charge is 2.54. The van der Waals surface area contributed by atoms with Crippen LogP contribution in [0.2, 0.25) is 0 Å². The Morgan fingerprint density at radius 3 is 2.81 bits per heavy atom. The largest absolute Gasteiger partial charge is 0.462 e. The van der Waals surface area contributed by atoms with Crippen molar-refractivity contribution in [3.8, 4) is 0 Å². The van der Waals surface area contributed by atoms with Crippen molar-refractivity contribution in [1.29, 1.82) is 0 Å². The van der Waals surface area contributed by atoms with Crippen molar-refractivity contribution in [2.75, 3.05) is 32.8 Å². The van der Waals surface area contributed by atoms with Crippen LogP contribution in [0, 0.1) is 11.8 Å². The molecule has 9 heteroatoms. The first-order valence-corrected chi connectivity index (χ1v) is 16.1. The van der Waals surface area contributed by atoms with Gasteiger partial charge in [0.05, 0.1) is 23.5 Å². The molecule has 9 rings (SSSR count). The number of likely N-dealkylation sites (tertiary alicyclic amines) is 2. The first kappa shape index (κ1) is 26.1. The molecule has 8 aliphatic rings. The van der Waals surface area contributed by atoms with Gasteiger partial charge in [-0.15, -0.1) is 0 Å². The molecular weight excluding hydrogens is 548 g/mol. The number of aliphatic imine (C=N–C) groups is 2. The second-order valence-electron chi connectivity index (χ2n) is 13.8. The molecule has 0 N–H and O–H groups in total. The van der Waals surface area contributed by atoms with Crippen LogP contribution in [0.3, 0.4) is 0 Å². The number of halogens is 2. The highest BCUT2D eigenvalue weighted by molar-refractivity contribution is 6.01. The summed E-state index contributed by atoms with van der Waals surface area (Å²) in [6.07, 6.45) is 11.5. The minimum absolute atomic E-state index is 0.00632. The highest BCUT2D eigenvalue weighted by atomic mass is 19.1. The van der Waals surface area contributed by atoms with Crippen LogP contribution in [0.1, 0.15) is 61.1 Å². The van der Waals surface area contributed by atoms with E-state index in [9.17, 15) is 9.18 Å². The number of nitrogens with zero attached hydrogens (tertiary/aromatic N) is 5. The molecule has 1 amide bonds. The predicted octanol–water partition coefficient (Wildman–Crippen LogP) is 4.76. The number of amides is 1. The number of carbonyl (C=O) groups excluding carboxylic acids is 1.